The van der Waals surface area contributed by atoms with Crippen LogP contribution in [0.4, 0.5) is 0 Å². The minimum absolute atomic E-state index is 0.416. The van der Waals surface area contributed by atoms with E-state index >= 15 is 0 Å². The molecule has 0 fully saturated rings. The number of aliphatic carboxylic acids is 1. The molecule has 2 atom stereocenters. The molecule has 0 saturated heterocycles. The van der Waals surface area contributed by atoms with Crippen molar-refractivity contribution >= 4 is 33.7 Å². The fraction of sp³-hybridized carbons (Fsp3) is 0.571. The average molecular weight is 267 g/mol. The summed E-state index contributed by atoms with van der Waals surface area (Å²) in [6.07, 6.45) is -0.416. The number of primary amides is 1. The molecule has 0 aromatic carbocycles. The Bertz CT molecular complexity index is 254. The maximum absolute atomic E-state index is 11.1. The second-order valence-electron chi connectivity index (χ2n) is 2.69. The minimum atomic E-state index is -1.29. The van der Waals surface area contributed by atoms with E-state index in [9.17, 15) is 14.4 Å². The highest BCUT2D eigenvalue weighted by Crippen LogP contribution is 1.99. The van der Waals surface area contributed by atoms with Gasteiger partial charge in [-0.1, -0.05) is 15.9 Å². The Hall–Kier alpha value is -1.11. The minimum Gasteiger partial charge on any atom is -0.480 e. The molecule has 0 aliphatic heterocycles. The Labute approximate surface area is 89.0 Å². The number of nitrogens with one attached hydrogen (secondary N) is 1. The Morgan fingerprint density at radius 1 is 1.50 bits per heavy atom. The Kier molecular flexibility index (Phi) is 5.14. The molecular weight excluding hydrogens is 256 g/mol. The molecule has 4 N–H and O–H groups in total. The lowest BCUT2D eigenvalue weighted by molar-refractivity contribution is -0.143. The first-order valence-electron chi connectivity index (χ1n) is 3.80. The van der Waals surface area contributed by atoms with Crippen molar-refractivity contribution in [2.24, 2.45) is 5.73 Å². The summed E-state index contributed by atoms with van der Waals surface area (Å²) >= 11 is 2.96. The number of carbonyl (C=O) groups excluding carboxylic acids is 2. The number of halogens is 1. The number of carboxylic acid groups (broad SMARTS) is 1. The van der Waals surface area contributed by atoms with E-state index < -0.39 is 35.1 Å². The highest BCUT2D eigenvalue weighted by Gasteiger charge is 2.23. The predicted molar refractivity (Wildman–Crippen MR) is 51.8 cm³/mol. The summed E-state index contributed by atoms with van der Waals surface area (Å²) in [5.74, 6) is -2.57. The number of hydrogen-bond acceptors (Lipinski definition) is 3. The summed E-state index contributed by atoms with van der Waals surface area (Å²) in [6.45, 7) is 1.54. The van der Waals surface area contributed by atoms with Gasteiger partial charge in [-0.2, -0.15) is 0 Å². The average Bonchev–Trinajstić information content (AvgIpc) is 2.01. The molecule has 0 aliphatic rings. The van der Waals surface area contributed by atoms with E-state index in [4.69, 9.17) is 10.8 Å². The van der Waals surface area contributed by atoms with Crippen LogP contribution in [0.5, 0.6) is 0 Å². The van der Waals surface area contributed by atoms with Crippen LogP contribution < -0.4 is 11.1 Å². The standard InChI is InChI=1S/C7H11BrN2O4/c1-3(8)6(12)10-4(7(13)14)2-5(9)11/h3-4H,2H2,1H3,(H2,9,11)(H,10,12)(H,13,14)/t3?,4-/m1/s1. The van der Waals surface area contributed by atoms with Crippen LogP contribution in [0.3, 0.4) is 0 Å². The van der Waals surface area contributed by atoms with Crippen LogP contribution in [0.15, 0.2) is 0 Å². The molecule has 14 heavy (non-hydrogen) atoms. The highest BCUT2D eigenvalue weighted by molar-refractivity contribution is 9.10. The van der Waals surface area contributed by atoms with Gasteiger partial charge in [0.05, 0.1) is 11.2 Å². The van der Waals surface area contributed by atoms with Crippen molar-refractivity contribution in [3.8, 4) is 0 Å². The third kappa shape index (κ3) is 4.80. The van der Waals surface area contributed by atoms with E-state index in [1.807, 2.05) is 0 Å². The fourth-order valence-electron chi connectivity index (χ4n) is 0.688. The van der Waals surface area contributed by atoms with E-state index in [1.54, 1.807) is 6.92 Å². The number of alkyl halides is 1. The van der Waals surface area contributed by atoms with E-state index in [-0.39, 0.29) is 0 Å². The van der Waals surface area contributed by atoms with Crippen molar-refractivity contribution in [2.45, 2.75) is 24.2 Å². The molecular formula is C7H11BrN2O4. The van der Waals surface area contributed by atoms with E-state index in [2.05, 4.69) is 21.2 Å². The Morgan fingerprint density at radius 3 is 2.29 bits per heavy atom. The Balaban J connectivity index is 4.31. The van der Waals surface area contributed by atoms with Crippen molar-refractivity contribution in [3.05, 3.63) is 0 Å². The third-order valence-electron chi connectivity index (χ3n) is 1.38. The van der Waals surface area contributed by atoms with E-state index in [1.165, 1.54) is 0 Å². The summed E-state index contributed by atoms with van der Waals surface area (Å²) in [5.41, 5.74) is 4.82. The quantitative estimate of drug-likeness (QED) is 0.567. The van der Waals surface area contributed by atoms with Crippen LogP contribution in [0.25, 0.3) is 0 Å². The van der Waals surface area contributed by atoms with Gasteiger partial charge >= 0.3 is 5.97 Å². The first-order chi connectivity index (χ1) is 6.34. The summed E-state index contributed by atoms with van der Waals surface area (Å²) < 4.78 is 0. The van der Waals surface area contributed by atoms with Gasteiger partial charge in [0.2, 0.25) is 11.8 Å². The molecule has 1 unspecified atom stereocenters. The number of carboxylic acids is 1. The maximum Gasteiger partial charge on any atom is 0.326 e. The van der Waals surface area contributed by atoms with Crippen molar-refractivity contribution < 1.29 is 19.5 Å². The molecule has 0 rings (SSSR count). The molecule has 0 radical (unpaired) electrons. The van der Waals surface area contributed by atoms with Crippen LogP contribution in [-0.4, -0.2) is 33.8 Å². The molecule has 6 nitrogen and oxygen atoms in total. The summed E-state index contributed by atoms with van der Waals surface area (Å²) in [5, 5.41) is 10.8. The number of amides is 2. The van der Waals surface area contributed by atoms with Gasteiger partial charge in [0.1, 0.15) is 6.04 Å². The molecule has 80 valence electrons. The number of carbonyl (C=O) groups is 3. The van der Waals surface area contributed by atoms with Crippen LogP contribution in [0.1, 0.15) is 13.3 Å². The molecule has 2 amide bonds. The molecule has 0 aromatic heterocycles. The van der Waals surface area contributed by atoms with Crippen LogP contribution >= 0.6 is 15.9 Å². The normalized spacial score (nSPS) is 14.1. The zero-order chi connectivity index (χ0) is 11.3. The van der Waals surface area contributed by atoms with Gasteiger partial charge in [-0.25, -0.2) is 4.79 Å². The molecule has 0 aromatic rings. The third-order valence-corrected chi connectivity index (χ3v) is 1.80. The molecule has 0 spiro atoms. The summed E-state index contributed by atoms with van der Waals surface area (Å²) in [4.78, 5) is 31.6. The smallest absolute Gasteiger partial charge is 0.326 e. The first-order valence-corrected chi connectivity index (χ1v) is 4.71. The lowest BCUT2D eigenvalue weighted by Crippen LogP contribution is -2.45. The van der Waals surface area contributed by atoms with Crippen molar-refractivity contribution in [1.82, 2.24) is 5.32 Å². The topological polar surface area (TPSA) is 109 Å². The molecule has 0 saturated carbocycles. The molecule has 0 heterocycles. The molecule has 7 heteroatoms. The lowest BCUT2D eigenvalue weighted by Gasteiger charge is -2.13. The highest BCUT2D eigenvalue weighted by atomic mass is 79.9. The van der Waals surface area contributed by atoms with Gasteiger partial charge in [-0.15, -0.1) is 0 Å². The largest absolute Gasteiger partial charge is 0.480 e. The molecule has 0 aliphatic carbocycles. The van der Waals surface area contributed by atoms with Gasteiger partial charge in [-0.3, -0.25) is 9.59 Å². The van der Waals surface area contributed by atoms with Gasteiger partial charge < -0.3 is 16.2 Å². The number of rotatable bonds is 5. The monoisotopic (exact) mass is 266 g/mol. The fourth-order valence-corrected chi connectivity index (χ4v) is 0.820. The SMILES string of the molecule is CC(Br)C(=O)N[C@H](CC(N)=O)C(=O)O. The number of nitrogens with two attached hydrogens (primary N) is 1. The van der Waals surface area contributed by atoms with Gasteiger partial charge in [0, 0.05) is 0 Å². The van der Waals surface area contributed by atoms with Gasteiger partial charge in [0.15, 0.2) is 0 Å². The Morgan fingerprint density at radius 2 is 2.00 bits per heavy atom. The van der Waals surface area contributed by atoms with E-state index in [0.29, 0.717) is 0 Å². The second-order valence-corrected chi connectivity index (χ2v) is 4.06. The zero-order valence-electron chi connectivity index (χ0n) is 7.49. The van der Waals surface area contributed by atoms with Crippen LogP contribution in [0, 0.1) is 0 Å². The van der Waals surface area contributed by atoms with Crippen LogP contribution in [0.2, 0.25) is 0 Å². The zero-order valence-corrected chi connectivity index (χ0v) is 9.08. The molecule has 0 bridgehead atoms. The van der Waals surface area contributed by atoms with E-state index in [0.717, 1.165) is 0 Å². The predicted octanol–water partition coefficient (Wildman–Crippen LogP) is -0.785. The van der Waals surface area contributed by atoms with Crippen molar-refractivity contribution in [1.29, 1.82) is 0 Å². The lowest BCUT2D eigenvalue weighted by atomic mass is 10.2. The van der Waals surface area contributed by atoms with Crippen molar-refractivity contribution in [3.63, 3.8) is 0 Å². The summed E-state index contributed by atoms with van der Waals surface area (Å²) in [6, 6.07) is -1.26. The van der Waals surface area contributed by atoms with Crippen molar-refractivity contribution in [2.75, 3.05) is 0 Å². The summed E-state index contributed by atoms with van der Waals surface area (Å²) in [7, 11) is 0. The first kappa shape index (κ1) is 12.9. The van der Waals surface area contributed by atoms with Gasteiger partial charge in [0.25, 0.3) is 0 Å². The van der Waals surface area contributed by atoms with Crippen LogP contribution in [-0.2, 0) is 14.4 Å². The van der Waals surface area contributed by atoms with Gasteiger partial charge in [-0.05, 0) is 6.92 Å². The number of hydrogen-bond donors (Lipinski definition) is 3. The second kappa shape index (κ2) is 5.58. The maximum atomic E-state index is 11.1.